The Morgan fingerprint density at radius 1 is 1.02 bits per heavy atom. The highest BCUT2D eigenvalue weighted by atomic mass is 32.2. The van der Waals surface area contributed by atoms with Crippen LogP contribution in [0.2, 0.25) is 0 Å². The Labute approximate surface area is 497 Å². The van der Waals surface area contributed by atoms with Crippen LogP contribution in [-0.2, 0) is 62.0 Å². The molecule has 27 nitrogen and oxygen atoms in total. The number of ether oxygens (including phenoxy) is 2. The SMILES string of the molecule is CCN1c2cc3c(cc2C(C)=CC1(C)C)C(=CC=CC=CC1=[N+](CCCS(=O)(=O)[O-])c2ccc(S(=O)(=O)O)cc2C1(C)CCCC(=O)NCC#Cc1cn([C@H]2C[C@H](O)[C@@H](COP(=O)(O)OP(=O)(O)OP(=O)(O)O)O2)c(=O)nc1N)C=C(C(C)(C)C)O3. The molecule has 4 aliphatic rings. The van der Waals surface area contributed by atoms with Gasteiger partial charge in [0, 0.05) is 83.8 Å². The van der Waals surface area contributed by atoms with E-state index in [0.29, 0.717) is 17.0 Å². The van der Waals surface area contributed by atoms with Gasteiger partial charge >= 0.3 is 29.2 Å². The Morgan fingerprint density at radius 3 is 2.38 bits per heavy atom. The maximum absolute atomic E-state index is 13.4. The van der Waals surface area contributed by atoms with Gasteiger partial charge in [-0.25, -0.2) is 26.9 Å². The highest BCUT2D eigenvalue weighted by Crippen LogP contribution is 2.66. The molecule has 0 spiro atoms. The first kappa shape index (κ1) is 67.8. The normalized spacial score (nSPS) is 22.3. The first-order valence-electron chi connectivity index (χ1n) is 26.8. The van der Waals surface area contributed by atoms with Gasteiger partial charge in [-0.1, -0.05) is 63.0 Å². The van der Waals surface area contributed by atoms with E-state index in [9.17, 15) is 64.1 Å². The lowest BCUT2D eigenvalue weighted by molar-refractivity contribution is -0.437. The molecule has 0 radical (unpaired) electrons. The Bertz CT molecular complexity index is 3910. The number of anilines is 2. The fourth-order valence-corrected chi connectivity index (χ4v) is 14.6. The van der Waals surface area contributed by atoms with E-state index >= 15 is 0 Å². The first-order valence-corrected chi connectivity index (χ1v) is 34.3. The highest BCUT2D eigenvalue weighted by molar-refractivity contribution is 7.86. The Balaban J connectivity index is 1.08. The molecular formula is C54H69N6O21P3S2. The van der Waals surface area contributed by atoms with E-state index in [-0.39, 0.29) is 67.5 Å². The number of aliphatic hydroxyl groups is 1. The van der Waals surface area contributed by atoms with Gasteiger partial charge in [0.1, 0.15) is 36.2 Å². The van der Waals surface area contributed by atoms with Crippen molar-refractivity contribution >= 4 is 83.7 Å². The van der Waals surface area contributed by atoms with Crippen LogP contribution in [-0.4, -0.2) is 126 Å². The van der Waals surface area contributed by atoms with E-state index in [0.717, 1.165) is 56.8 Å². The number of benzene rings is 2. The van der Waals surface area contributed by atoms with Gasteiger partial charge in [0.2, 0.25) is 11.6 Å². The number of nitrogens with zero attached hydrogens (tertiary/aromatic N) is 4. The molecule has 6 atom stereocenters. The molecule has 1 amide bonds. The van der Waals surface area contributed by atoms with E-state index in [2.05, 4.69) is 107 Å². The molecule has 1 aromatic heterocycles. The first-order chi connectivity index (χ1) is 39.7. The summed E-state index contributed by atoms with van der Waals surface area (Å²) in [5, 5.41) is 13.2. The summed E-state index contributed by atoms with van der Waals surface area (Å²) >= 11 is 0. The van der Waals surface area contributed by atoms with Crippen molar-refractivity contribution in [2.45, 2.75) is 122 Å². The molecule has 32 heteroatoms. The van der Waals surface area contributed by atoms with Crippen LogP contribution < -0.4 is 26.4 Å². The number of hydrogen-bond donors (Lipinski definition) is 8. The number of amides is 1. The van der Waals surface area contributed by atoms with Crippen LogP contribution >= 0.6 is 23.5 Å². The summed E-state index contributed by atoms with van der Waals surface area (Å²) in [6, 6.07) is 8.30. The standard InChI is InChI=1S/C54H69N6O21P3S2/c1-9-60-42-29-44-39(28-38(42)34(2)31-53(60,6)7)35(26-47(78-44)52(3,4)5)16-11-10-12-18-46-54(8,40-27-37(86(74,75)76)20-21-41(40)58(46)24-15-25-85(71,72)73)22-13-19-48(62)56-23-14-17-36-32-59(51(63)57-50(36)55)49-30-43(61)45(79-49)33-77-83(67,68)81-84(69,70)80-82(64,65)66/h10-12,16,18,20-21,26-29,31-32,43,45,49,61H,9,13,15,19,22-25,30,33H2,1-8H3,(H8-,55,56,57,62,63,64,65,66,67,68,69,70,71,72,73,74,75,76)/t43-,45+,49+,54?/m0/s1. The van der Waals surface area contributed by atoms with Crippen molar-refractivity contribution in [3.63, 3.8) is 0 Å². The number of carbonyl (C=O) groups excluding carboxylic acids is 1. The second kappa shape index (κ2) is 25.8. The zero-order valence-corrected chi connectivity index (χ0v) is 52.5. The molecule has 468 valence electrons. The van der Waals surface area contributed by atoms with Crippen LogP contribution in [0.4, 0.5) is 17.2 Å². The third-order valence-electron chi connectivity index (χ3n) is 14.5. The van der Waals surface area contributed by atoms with Crippen molar-refractivity contribution in [1.29, 1.82) is 0 Å². The second-order valence-corrected chi connectivity index (χ2v) is 29.8. The molecule has 1 saturated heterocycles. The molecule has 86 heavy (non-hydrogen) atoms. The lowest BCUT2D eigenvalue weighted by atomic mass is 9.75. The number of nitrogens with two attached hydrogens (primary N) is 1. The Kier molecular flexibility index (Phi) is 20.3. The maximum atomic E-state index is 13.4. The van der Waals surface area contributed by atoms with E-state index in [1.54, 1.807) is 16.7 Å². The lowest BCUT2D eigenvalue weighted by Gasteiger charge is -2.43. The van der Waals surface area contributed by atoms with Crippen molar-refractivity contribution in [3.05, 3.63) is 118 Å². The van der Waals surface area contributed by atoms with E-state index in [1.165, 1.54) is 18.2 Å². The van der Waals surface area contributed by atoms with Crippen molar-refractivity contribution < 1.29 is 96.3 Å². The maximum Gasteiger partial charge on any atom is 0.490 e. The molecule has 1 fully saturated rings. The zero-order chi connectivity index (χ0) is 63.8. The number of aliphatic hydroxyl groups excluding tert-OH is 1. The third-order valence-corrected chi connectivity index (χ3v) is 19.9. The smallest absolute Gasteiger partial charge is 0.490 e. The number of aromatic nitrogens is 2. The number of phosphoric acid groups is 3. The predicted octanol–water partition coefficient (Wildman–Crippen LogP) is 6.23. The van der Waals surface area contributed by atoms with Gasteiger partial charge in [0.15, 0.2) is 5.71 Å². The molecule has 0 aliphatic carbocycles. The molecule has 2 aromatic carbocycles. The summed E-state index contributed by atoms with van der Waals surface area (Å²) in [6.45, 7) is 16.2. The van der Waals surface area contributed by atoms with E-state index in [4.69, 9.17) is 25.0 Å². The minimum absolute atomic E-state index is 0.0232. The molecule has 3 aromatic rings. The van der Waals surface area contributed by atoms with Crippen LogP contribution in [0.3, 0.4) is 0 Å². The fourth-order valence-electron chi connectivity index (χ4n) is 10.6. The van der Waals surface area contributed by atoms with Crippen LogP contribution in [0.5, 0.6) is 5.75 Å². The van der Waals surface area contributed by atoms with Gasteiger partial charge in [0.05, 0.1) is 50.8 Å². The van der Waals surface area contributed by atoms with Crippen molar-refractivity contribution in [2.75, 3.05) is 42.6 Å². The molecule has 3 unspecified atom stereocenters. The summed E-state index contributed by atoms with van der Waals surface area (Å²) in [7, 11) is -26.4. The number of likely N-dealkylation sites (N-methyl/N-ethyl adjacent to an activating group) is 1. The second-order valence-electron chi connectivity index (χ2n) is 22.4. The fraction of sp³-hybridized carbons (Fsp3) is 0.444. The van der Waals surface area contributed by atoms with Crippen molar-refractivity contribution in [3.8, 4) is 17.6 Å². The molecule has 0 saturated carbocycles. The minimum Gasteiger partial charge on any atom is -0.748 e. The van der Waals surface area contributed by atoms with Crippen molar-refractivity contribution in [2.24, 2.45) is 5.41 Å². The van der Waals surface area contributed by atoms with Crippen LogP contribution in [0.1, 0.15) is 116 Å². The van der Waals surface area contributed by atoms with Gasteiger partial charge in [0.25, 0.3) is 10.1 Å². The van der Waals surface area contributed by atoms with Crippen LogP contribution in [0, 0.1) is 17.3 Å². The minimum atomic E-state index is -5.83. The number of rotatable bonds is 22. The molecule has 0 bridgehead atoms. The largest absolute Gasteiger partial charge is 0.748 e. The molecular weight excluding hydrogens is 1230 g/mol. The topological polar surface area (TPSA) is 406 Å². The summed E-state index contributed by atoms with van der Waals surface area (Å²) < 4.78 is 132. The van der Waals surface area contributed by atoms with E-state index in [1.807, 2.05) is 31.2 Å². The number of nitrogen functional groups attached to an aromatic ring is 1. The average molecular weight is 1300 g/mol. The number of fused-ring (bicyclic) bond motifs is 3. The van der Waals surface area contributed by atoms with Crippen LogP contribution in [0.15, 0.2) is 94.5 Å². The van der Waals surface area contributed by atoms with Crippen LogP contribution in [0.25, 0.3) is 11.1 Å². The van der Waals surface area contributed by atoms with Gasteiger partial charge in [-0.05, 0) is 82.9 Å². The van der Waals surface area contributed by atoms with Gasteiger partial charge in [-0.2, -0.15) is 26.6 Å². The lowest BCUT2D eigenvalue weighted by Crippen LogP contribution is -2.45. The Morgan fingerprint density at radius 2 is 1.73 bits per heavy atom. The van der Waals surface area contributed by atoms with Gasteiger partial charge in [-0.15, -0.1) is 0 Å². The van der Waals surface area contributed by atoms with E-state index < -0.39 is 96.4 Å². The number of phosphoric ester groups is 1. The van der Waals surface area contributed by atoms with Gasteiger partial charge in [-0.3, -0.25) is 18.4 Å². The molecule has 5 heterocycles. The highest BCUT2D eigenvalue weighted by Gasteiger charge is 2.48. The third kappa shape index (κ3) is 16.7. The number of nitrogens with one attached hydrogen (secondary N) is 1. The number of allylic oxidation sites excluding steroid dienone is 9. The van der Waals surface area contributed by atoms with Crippen molar-refractivity contribution in [1.82, 2.24) is 14.9 Å². The number of carbonyl (C=O) groups is 1. The molecule has 7 rings (SSSR count). The summed E-state index contributed by atoms with van der Waals surface area (Å²) in [6.07, 6.45) is 10.3. The zero-order valence-electron chi connectivity index (χ0n) is 48.1. The van der Waals surface area contributed by atoms with Gasteiger partial charge < -0.3 is 54.7 Å². The molecule has 4 aliphatic heterocycles. The Hall–Kier alpha value is -5.73. The quantitative estimate of drug-likeness (QED) is 0.0181. The summed E-state index contributed by atoms with van der Waals surface area (Å²) in [5.74, 6) is 5.44. The monoisotopic (exact) mass is 1290 g/mol. The average Bonchev–Trinajstić information content (AvgIpc) is 1.80. The summed E-state index contributed by atoms with van der Waals surface area (Å²) in [5.41, 5.74) is 10.00. The summed E-state index contributed by atoms with van der Waals surface area (Å²) in [4.78, 5) is 68.6. The molecule has 9 N–H and O–H groups in total. The predicted molar refractivity (Wildman–Crippen MR) is 315 cm³/mol. The number of hydrogen-bond acceptors (Lipinski definition) is 19.